The molecule has 1 aliphatic heterocycles. The van der Waals surface area contributed by atoms with Crippen LogP contribution < -0.4 is 10.6 Å². The molecule has 78 valence electrons. The van der Waals surface area contributed by atoms with Crippen LogP contribution in [-0.4, -0.2) is 18.6 Å². The van der Waals surface area contributed by atoms with Crippen molar-refractivity contribution in [3.05, 3.63) is 30.3 Å². The van der Waals surface area contributed by atoms with E-state index in [4.69, 9.17) is 0 Å². The molecule has 1 saturated heterocycles. The molecule has 1 aromatic carbocycles. The van der Waals surface area contributed by atoms with E-state index in [2.05, 4.69) is 16.7 Å². The molecule has 1 aromatic rings. The van der Waals surface area contributed by atoms with Crippen LogP contribution in [0.1, 0.15) is 12.8 Å². The van der Waals surface area contributed by atoms with Crippen LogP contribution in [0.15, 0.2) is 30.3 Å². The number of piperidine rings is 1. The molecule has 0 bridgehead atoms. The summed E-state index contributed by atoms with van der Waals surface area (Å²) in [6, 6.07) is 12.4. The van der Waals surface area contributed by atoms with E-state index in [9.17, 15) is 5.26 Å². The monoisotopic (exact) mass is 201 g/mol. The summed E-state index contributed by atoms with van der Waals surface area (Å²) in [7, 11) is 0. The number of benzene rings is 1. The van der Waals surface area contributed by atoms with Gasteiger partial charge in [0.1, 0.15) is 5.54 Å². The predicted molar refractivity (Wildman–Crippen MR) is 60.5 cm³/mol. The van der Waals surface area contributed by atoms with Crippen molar-refractivity contribution >= 4 is 5.69 Å². The maximum atomic E-state index is 9.26. The van der Waals surface area contributed by atoms with E-state index in [1.54, 1.807) is 0 Å². The topological polar surface area (TPSA) is 47.9 Å². The van der Waals surface area contributed by atoms with Crippen LogP contribution >= 0.6 is 0 Å². The largest absolute Gasteiger partial charge is 0.367 e. The quantitative estimate of drug-likeness (QED) is 0.766. The van der Waals surface area contributed by atoms with E-state index in [-0.39, 0.29) is 5.54 Å². The van der Waals surface area contributed by atoms with Crippen LogP contribution in [0.4, 0.5) is 5.69 Å². The first-order valence-electron chi connectivity index (χ1n) is 5.30. The number of hydrogen-bond acceptors (Lipinski definition) is 3. The van der Waals surface area contributed by atoms with Gasteiger partial charge in [-0.1, -0.05) is 18.2 Å². The van der Waals surface area contributed by atoms with Gasteiger partial charge in [0.15, 0.2) is 0 Å². The molecular formula is C12H15N3. The summed E-state index contributed by atoms with van der Waals surface area (Å²) in [6.07, 6.45) is 1.72. The summed E-state index contributed by atoms with van der Waals surface area (Å²) in [5.41, 5.74) is 0.646. The maximum Gasteiger partial charge on any atom is 0.127 e. The van der Waals surface area contributed by atoms with Crippen molar-refractivity contribution in [2.75, 3.05) is 18.4 Å². The first kappa shape index (κ1) is 10.0. The summed E-state index contributed by atoms with van der Waals surface area (Å²) in [5, 5.41) is 15.9. The number of anilines is 1. The molecule has 2 rings (SSSR count). The van der Waals surface area contributed by atoms with Gasteiger partial charge in [-0.2, -0.15) is 5.26 Å². The highest BCUT2D eigenvalue weighted by Crippen LogP contribution is 2.23. The van der Waals surface area contributed by atoms with Crippen molar-refractivity contribution in [1.82, 2.24) is 5.32 Å². The minimum Gasteiger partial charge on any atom is -0.367 e. The van der Waals surface area contributed by atoms with Gasteiger partial charge in [0.2, 0.25) is 0 Å². The molecule has 0 radical (unpaired) electrons. The molecular weight excluding hydrogens is 186 g/mol. The highest BCUT2D eigenvalue weighted by atomic mass is 15.0. The highest BCUT2D eigenvalue weighted by molar-refractivity contribution is 5.47. The normalized spacial score (nSPS) is 19.1. The summed E-state index contributed by atoms with van der Waals surface area (Å²) >= 11 is 0. The molecule has 0 unspecified atom stereocenters. The fourth-order valence-electron chi connectivity index (χ4n) is 1.92. The minimum atomic E-state index is -0.382. The lowest BCUT2D eigenvalue weighted by Gasteiger charge is -2.32. The van der Waals surface area contributed by atoms with Gasteiger partial charge in [0.05, 0.1) is 6.07 Å². The second kappa shape index (κ2) is 4.33. The van der Waals surface area contributed by atoms with Gasteiger partial charge in [-0.3, -0.25) is 0 Å². The summed E-state index contributed by atoms with van der Waals surface area (Å²) in [4.78, 5) is 0. The third kappa shape index (κ3) is 2.28. The lowest BCUT2D eigenvalue weighted by atomic mass is 9.89. The van der Waals surface area contributed by atoms with E-state index in [1.807, 2.05) is 30.3 Å². The summed E-state index contributed by atoms with van der Waals surface area (Å²) < 4.78 is 0. The molecule has 15 heavy (non-hydrogen) atoms. The van der Waals surface area contributed by atoms with Crippen LogP contribution in [0.3, 0.4) is 0 Å². The van der Waals surface area contributed by atoms with Gasteiger partial charge >= 0.3 is 0 Å². The Hall–Kier alpha value is -1.53. The lowest BCUT2D eigenvalue weighted by Crippen LogP contribution is -2.46. The molecule has 0 amide bonds. The van der Waals surface area contributed by atoms with E-state index < -0.39 is 0 Å². The zero-order chi connectivity index (χ0) is 10.6. The minimum absolute atomic E-state index is 0.382. The fraction of sp³-hybridized carbons (Fsp3) is 0.417. The molecule has 3 nitrogen and oxygen atoms in total. The fourth-order valence-corrected chi connectivity index (χ4v) is 1.92. The van der Waals surface area contributed by atoms with Crippen molar-refractivity contribution < 1.29 is 0 Å². The van der Waals surface area contributed by atoms with Crippen LogP contribution in [0, 0.1) is 11.3 Å². The SMILES string of the molecule is N#CC1(Nc2ccccc2)CCNCC1. The van der Waals surface area contributed by atoms with Crippen LogP contribution in [-0.2, 0) is 0 Å². The van der Waals surface area contributed by atoms with Crippen molar-refractivity contribution in [1.29, 1.82) is 5.26 Å². The molecule has 0 saturated carbocycles. The zero-order valence-electron chi connectivity index (χ0n) is 8.66. The molecule has 0 atom stereocenters. The smallest absolute Gasteiger partial charge is 0.127 e. The third-order valence-electron chi connectivity index (χ3n) is 2.83. The standard InChI is InChI=1S/C12H15N3/c13-10-12(6-8-14-9-7-12)15-11-4-2-1-3-5-11/h1-5,14-15H,6-9H2. The van der Waals surface area contributed by atoms with Gasteiger partial charge in [-0.25, -0.2) is 0 Å². The molecule has 0 aromatic heterocycles. The third-order valence-corrected chi connectivity index (χ3v) is 2.83. The van der Waals surface area contributed by atoms with Crippen LogP contribution in [0.25, 0.3) is 0 Å². The Balaban J connectivity index is 2.12. The molecule has 0 aliphatic carbocycles. The average molecular weight is 201 g/mol. The number of hydrogen-bond donors (Lipinski definition) is 2. The second-order valence-electron chi connectivity index (χ2n) is 3.93. The first-order chi connectivity index (χ1) is 7.35. The Kier molecular flexibility index (Phi) is 2.89. The number of rotatable bonds is 2. The number of para-hydroxylation sites is 1. The number of nitrogens with one attached hydrogen (secondary N) is 2. The lowest BCUT2D eigenvalue weighted by molar-refractivity contribution is 0.409. The van der Waals surface area contributed by atoms with Gasteiger partial charge in [0.25, 0.3) is 0 Å². The van der Waals surface area contributed by atoms with Gasteiger partial charge < -0.3 is 10.6 Å². The Morgan fingerprint density at radius 3 is 2.47 bits per heavy atom. The van der Waals surface area contributed by atoms with Gasteiger partial charge in [-0.05, 0) is 38.1 Å². The van der Waals surface area contributed by atoms with E-state index >= 15 is 0 Å². The number of nitriles is 1. The van der Waals surface area contributed by atoms with Crippen LogP contribution in [0.5, 0.6) is 0 Å². The van der Waals surface area contributed by atoms with Gasteiger partial charge in [0, 0.05) is 5.69 Å². The average Bonchev–Trinajstić information content (AvgIpc) is 2.32. The Labute approximate surface area is 90.1 Å². The highest BCUT2D eigenvalue weighted by Gasteiger charge is 2.31. The van der Waals surface area contributed by atoms with E-state index in [1.165, 1.54) is 0 Å². The summed E-state index contributed by atoms with van der Waals surface area (Å²) in [6.45, 7) is 1.82. The molecule has 1 fully saturated rings. The van der Waals surface area contributed by atoms with Gasteiger partial charge in [-0.15, -0.1) is 0 Å². The number of nitrogens with zero attached hydrogens (tertiary/aromatic N) is 1. The summed E-state index contributed by atoms with van der Waals surface area (Å²) in [5.74, 6) is 0. The van der Waals surface area contributed by atoms with Crippen LogP contribution in [0.2, 0.25) is 0 Å². The molecule has 1 heterocycles. The van der Waals surface area contributed by atoms with Crippen molar-refractivity contribution in [3.63, 3.8) is 0 Å². The first-order valence-corrected chi connectivity index (χ1v) is 5.30. The van der Waals surface area contributed by atoms with Crippen molar-refractivity contribution in [2.24, 2.45) is 0 Å². The molecule has 1 aliphatic rings. The second-order valence-corrected chi connectivity index (χ2v) is 3.93. The zero-order valence-corrected chi connectivity index (χ0v) is 8.66. The Bertz CT molecular complexity index is 347. The predicted octanol–water partition coefficient (Wildman–Crippen LogP) is 1.74. The van der Waals surface area contributed by atoms with Crippen molar-refractivity contribution in [2.45, 2.75) is 18.4 Å². The van der Waals surface area contributed by atoms with E-state index in [0.717, 1.165) is 31.6 Å². The molecule has 3 heteroatoms. The molecule has 2 N–H and O–H groups in total. The van der Waals surface area contributed by atoms with Crippen molar-refractivity contribution in [3.8, 4) is 6.07 Å². The maximum absolute atomic E-state index is 9.26. The van der Waals surface area contributed by atoms with E-state index in [0.29, 0.717) is 0 Å². The molecule has 0 spiro atoms. The Morgan fingerprint density at radius 2 is 1.87 bits per heavy atom. The Morgan fingerprint density at radius 1 is 1.20 bits per heavy atom.